The van der Waals surface area contributed by atoms with Gasteiger partial charge in [-0.2, -0.15) is 26.3 Å². The number of ether oxygens (including phenoxy) is 2. The van der Waals surface area contributed by atoms with Crippen LogP contribution in [-0.2, 0) is 20.4 Å². The molecule has 0 aromatic carbocycles. The Labute approximate surface area is 220 Å². The number of fused-ring (bicyclic) bond motifs is 2. The van der Waals surface area contributed by atoms with Gasteiger partial charge >= 0.3 is 12.4 Å². The lowest BCUT2D eigenvalue weighted by atomic mass is 9.77. The quantitative estimate of drug-likeness (QED) is 0.505. The van der Waals surface area contributed by atoms with Crippen molar-refractivity contribution in [2.75, 3.05) is 38.3 Å². The van der Waals surface area contributed by atoms with Crippen LogP contribution in [0.25, 0.3) is 0 Å². The van der Waals surface area contributed by atoms with Crippen molar-refractivity contribution < 1.29 is 45.7 Å². The molecule has 3 saturated heterocycles. The third kappa shape index (κ3) is 5.30. The number of methoxy groups -OCH3 is 1. The van der Waals surface area contributed by atoms with Gasteiger partial charge in [0.1, 0.15) is 5.82 Å². The SMILES string of the molecule is CO[C@@H]1COCC[C@@H]1N[C@@H]1CC[C@@](C(=O)N2C[C@H]3C[C@@H]2CN3c2ccnc(C(F)(F)F)n2)(C(O)C(F)(F)F)C1. The van der Waals surface area contributed by atoms with Crippen LogP contribution in [0.3, 0.4) is 0 Å². The molecule has 7 atom stereocenters. The molecule has 4 fully saturated rings. The average Bonchev–Trinajstić information content (AvgIpc) is 3.62. The number of nitrogens with zero attached hydrogens (tertiary/aromatic N) is 4. The molecule has 0 radical (unpaired) electrons. The number of rotatable bonds is 6. The molecule has 3 aliphatic heterocycles. The molecule has 9 nitrogen and oxygen atoms in total. The number of amides is 1. The zero-order valence-electron chi connectivity index (χ0n) is 21.2. The number of hydrogen-bond donors (Lipinski definition) is 2. The first-order valence-corrected chi connectivity index (χ1v) is 12.9. The topological polar surface area (TPSA) is 100 Å². The van der Waals surface area contributed by atoms with Gasteiger partial charge in [-0.05, 0) is 38.2 Å². The molecule has 2 N–H and O–H groups in total. The van der Waals surface area contributed by atoms with Gasteiger partial charge in [0.2, 0.25) is 11.7 Å². The summed E-state index contributed by atoms with van der Waals surface area (Å²) in [5, 5.41) is 13.9. The van der Waals surface area contributed by atoms with Crippen LogP contribution in [0, 0.1) is 5.41 Å². The number of carbonyl (C=O) groups is 1. The average molecular weight is 568 g/mol. The molecule has 218 valence electrons. The molecular weight excluding hydrogens is 536 g/mol. The normalized spacial score (nSPS) is 34.1. The van der Waals surface area contributed by atoms with Crippen molar-refractivity contribution in [3.05, 3.63) is 18.1 Å². The Kier molecular flexibility index (Phi) is 7.48. The number of halogens is 6. The monoisotopic (exact) mass is 567 g/mol. The fourth-order valence-corrected chi connectivity index (χ4v) is 6.66. The number of aliphatic hydroxyl groups excluding tert-OH is 1. The van der Waals surface area contributed by atoms with Crippen LogP contribution in [0.1, 0.15) is 37.9 Å². The summed E-state index contributed by atoms with van der Waals surface area (Å²) in [4.78, 5) is 23.7. The number of hydrogen-bond acceptors (Lipinski definition) is 8. The molecule has 4 heterocycles. The lowest BCUT2D eigenvalue weighted by Gasteiger charge is -2.42. The Morgan fingerprint density at radius 3 is 2.64 bits per heavy atom. The smallest absolute Gasteiger partial charge is 0.383 e. The molecule has 4 aliphatic rings. The van der Waals surface area contributed by atoms with E-state index in [9.17, 15) is 36.2 Å². The van der Waals surface area contributed by atoms with Gasteiger partial charge in [0.15, 0.2) is 6.10 Å². The number of aliphatic hydroxyl groups is 1. The lowest BCUT2D eigenvalue weighted by Crippen LogP contribution is -2.59. The van der Waals surface area contributed by atoms with Crippen LogP contribution in [0.5, 0.6) is 0 Å². The predicted octanol–water partition coefficient (Wildman–Crippen LogP) is 2.14. The van der Waals surface area contributed by atoms with Crippen molar-refractivity contribution in [3.63, 3.8) is 0 Å². The fraction of sp³-hybridized carbons (Fsp3) is 0.792. The summed E-state index contributed by atoms with van der Waals surface area (Å²) in [5.41, 5.74) is -2.06. The van der Waals surface area contributed by atoms with Crippen molar-refractivity contribution in [2.45, 2.75) is 80.8 Å². The van der Waals surface area contributed by atoms with Crippen LogP contribution in [0.4, 0.5) is 32.2 Å². The van der Waals surface area contributed by atoms with E-state index < -0.39 is 53.7 Å². The molecule has 15 heteroatoms. The van der Waals surface area contributed by atoms with E-state index in [1.165, 1.54) is 18.1 Å². The molecule has 39 heavy (non-hydrogen) atoms. The highest BCUT2D eigenvalue weighted by atomic mass is 19.4. The third-order valence-corrected chi connectivity index (χ3v) is 8.56. The van der Waals surface area contributed by atoms with Crippen molar-refractivity contribution in [1.29, 1.82) is 0 Å². The summed E-state index contributed by atoms with van der Waals surface area (Å²) in [5.74, 6) is -2.00. The van der Waals surface area contributed by atoms with Gasteiger partial charge in [-0.25, -0.2) is 9.97 Å². The second-order valence-corrected chi connectivity index (χ2v) is 10.8. The molecule has 1 aromatic heterocycles. The van der Waals surface area contributed by atoms with Crippen molar-refractivity contribution in [3.8, 4) is 0 Å². The minimum Gasteiger partial charge on any atom is -0.383 e. The summed E-state index contributed by atoms with van der Waals surface area (Å²) >= 11 is 0. The van der Waals surface area contributed by atoms with Crippen LogP contribution < -0.4 is 10.2 Å². The number of anilines is 1. The van der Waals surface area contributed by atoms with E-state index in [2.05, 4.69) is 15.3 Å². The maximum absolute atomic E-state index is 13.9. The molecule has 1 aromatic rings. The summed E-state index contributed by atoms with van der Waals surface area (Å²) < 4.78 is 91.8. The van der Waals surface area contributed by atoms with E-state index >= 15 is 0 Å². The predicted molar refractivity (Wildman–Crippen MR) is 124 cm³/mol. The highest BCUT2D eigenvalue weighted by Gasteiger charge is 2.62. The van der Waals surface area contributed by atoms with Crippen LogP contribution >= 0.6 is 0 Å². The van der Waals surface area contributed by atoms with Gasteiger partial charge in [0.05, 0.1) is 30.2 Å². The Morgan fingerprint density at radius 2 is 2.00 bits per heavy atom. The van der Waals surface area contributed by atoms with Gasteiger partial charge in [0, 0.05) is 45.1 Å². The molecular formula is C24H31F6N5O4. The zero-order chi connectivity index (χ0) is 28.2. The van der Waals surface area contributed by atoms with E-state index in [1.807, 2.05) is 0 Å². The summed E-state index contributed by atoms with van der Waals surface area (Å²) in [7, 11) is 1.53. The van der Waals surface area contributed by atoms with E-state index in [0.717, 1.165) is 6.20 Å². The highest BCUT2D eigenvalue weighted by Crippen LogP contribution is 2.50. The fourth-order valence-electron chi connectivity index (χ4n) is 6.66. The first-order valence-electron chi connectivity index (χ1n) is 12.9. The van der Waals surface area contributed by atoms with E-state index in [4.69, 9.17) is 9.47 Å². The summed E-state index contributed by atoms with van der Waals surface area (Å²) in [6.07, 6.45) is -10.9. The van der Waals surface area contributed by atoms with Crippen molar-refractivity contribution in [2.24, 2.45) is 5.41 Å². The van der Waals surface area contributed by atoms with Gasteiger partial charge in [-0.3, -0.25) is 4.79 Å². The molecule has 1 saturated carbocycles. The van der Waals surface area contributed by atoms with E-state index in [-0.39, 0.29) is 50.3 Å². The third-order valence-electron chi connectivity index (χ3n) is 8.56. The van der Waals surface area contributed by atoms with Gasteiger partial charge in [-0.1, -0.05) is 0 Å². The second-order valence-electron chi connectivity index (χ2n) is 10.8. The maximum Gasteiger partial charge on any atom is 0.451 e. The van der Waals surface area contributed by atoms with E-state index in [0.29, 0.717) is 26.1 Å². The molecule has 5 rings (SSSR count). The zero-order valence-corrected chi connectivity index (χ0v) is 21.2. The Bertz CT molecular complexity index is 1060. The van der Waals surface area contributed by atoms with Crippen molar-refractivity contribution in [1.82, 2.24) is 20.2 Å². The first-order chi connectivity index (χ1) is 18.3. The van der Waals surface area contributed by atoms with Gasteiger partial charge < -0.3 is 29.7 Å². The Hall–Kier alpha value is -2.23. The van der Waals surface area contributed by atoms with Crippen LogP contribution in [0.15, 0.2) is 12.3 Å². The van der Waals surface area contributed by atoms with Crippen molar-refractivity contribution >= 4 is 11.7 Å². The maximum atomic E-state index is 13.9. The molecule has 1 aliphatic carbocycles. The second kappa shape index (κ2) is 10.3. The molecule has 1 amide bonds. The largest absolute Gasteiger partial charge is 0.451 e. The van der Waals surface area contributed by atoms with E-state index in [1.54, 1.807) is 4.90 Å². The number of likely N-dealkylation sites (tertiary alicyclic amines) is 1. The standard InChI is InChI=1S/C24H31F6N5O4/c1-38-17-12-39-7-4-16(17)32-13-2-5-22(9-13,19(36)23(25,26)27)21(37)35-11-14-8-15(35)10-34(14)18-3-6-31-20(33-18)24(28,29)30/h3,6,13-17,19,32,36H,2,4-5,7-12H2,1H3/t13-,14-,15-,16+,17-,19?,22+/m1/s1. The van der Waals surface area contributed by atoms with Gasteiger partial charge in [0.25, 0.3) is 0 Å². The minimum atomic E-state index is -5.00. The van der Waals surface area contributed by atoms with Gasteiger partial charge in [-0.15, -0.1) is 0 Å². The Morgan fingerprint density at radius 1 is 1.23 bits per heavy atom. The lowest BCUT2D eigenvalue weighted by molar-refractivity contribution is -0.240. The Balaban J connectivity index is 1.32. The summed E-state index contributed by atoms with van der Waals surface area (Å²) in [6, 6.07) is -0.175. The number of aromatic nitrogens is 2. The van der Waals surface area contributed by atoms with Crippen LogP contribution in [0.2, 0.25) is 0 Å². The molecule has 0 spiro atoms. The molecule has 2 bridgehead atoms. The van der Waals surface area contributed by atoms with Crippen LogP contribution in [-0.4, -0.2) is 102 Å². The number of alkyl halides is 6. The number of carbonyl (C=O) groups excluding carboxylic acids is 1. The summed E-state index contributed by atoms with van der Waals surface area (Å²) in [6.45, 7) is 0.983. The number of nitrogens with one attached hydrogen (secondary N) is 1. The minimum absolute atomic E-state index is 0.0327. The first kappa shape index (κ1) is 28.3. The number of piperazine rings is 1. The highest BCUT2D eigenvalue weighted by molar-refractivity contribution is 5.85. The molecule has 1 unspecified atom stereocenters.